The molecule has 0 amide bonds. The number of guanidine groups is 2. The van der Waals surface area contributed by atoms with Gasteiger partial charge in [-0.25, -0.2) is 9.59 Å². The van der Waals surface area contributed by atoms with E-state index in [1.807, 2.05) is 24.3 Å². The van der Waals surface area contributed by atoms with Crippen molar-refractivity contribution in [1.29, 1.82) is 0 Å². The van der Waals surface area contributed by atoms with Crippen molar-refractivity contribution >= 4 is 89.5 Å². The minimum Gasteiger partial charge on any atom is -0.412 e. The van der Waals surface area contributed by atoms with Gasteiger partial charge in [0.05, 0.1) is 44.4 Å². The molecule has 26 heteroatoms. The monoisotopic (exact) mass is 1050 g/mol. The van der Waals surface area contributed by atoms with Gasteiger partial charge in [-0.1, -0.05) is 24.3 Å². The highest BCUT2D eigenvalue weighted by Gasteiger charge is 2.27. The fraction of sp³-hybridized carbons (Fsp3) is 0.220. The van der Waals surface area contributed by atoms with E-state index in [2.05, 4.69) is 82.1 Å². The molecule has 0 aliphatic carbocycles. The van der Waals surface area contributed by atoms with Crippen molar-refractivity contribution in [3.05, 3.63) is 138 Å². The Balaban J connectivity index is 0.000000199. The van der Waals surface area contributed by atoms with Crippen LogP contribution in [0.3, 0.4) is 0 Å². The van der Waals surface area contributed by atoms with E-state index in [9.17, 15) is 29.8 Å². The predicted molar refractivity (Wildman–Crippen MR) is 245 cm³/mol. The molecule has 0 radical (unpaired) electrons. The molecule has 2 aliphatic heterocycles. The number of ether oxygens (including phenoxy) is 4. The second-order valence-corrected chi connectivity index (χ2v) is 15.4. The van der Waals surface area contributed by atoms with Crippen molar-refractivity contribution in [2.75, 3.05) is 43.5 Å². The minimum absolute atomic E-state index is 0.0650. The number of nitrogens with one attached hydrogen (secondary N) is 2. The first-order valence-corrected chi connectivity index (χ1v) is 21.4. The first-order chi connectivity index (χ1) is 32.4. The summed E-state index contributed by atoms with van der Waals surface area (Å²) >= 11 is 7.11. The molecule has 1 atom stereocenters. The number of carbonyl (C=O) groups is 2. The highest BCUT2D eigenvalue weighted by atomic mass is 79.9. The smallest absolute Gasteiger partial charge is 0.412 e. The molecule has 0 spiro atoms. The second kappa shape index (κ2) is 22.3. The number of fused-ring (bicyclic) bond motifs is 2. The van der Waals surface area contributed by atoms with Crippen molar-refractivity contribution in [2.24, 2.45) is 9.98 Å². The van der Waals surface area contributed by atoms with Gasteiger partial charge in [0.1, 0.15) is 35.7 Å². The first-order valence-electron chi connectivity index (χ1n) is 19.8. The fourth-order valence-corrected chi connectivity index (χ4v) is 7.31. The van der Waals surface area contributed by atoms with E-state index in [0.717, 1.165) is 31.4 Å². The molecule has 4 heterocycles. The summed E-state index contributed by atoms with van der Waals surface area (Å²) in [5.41, 5.74) is 5.53. The van der Waals surface area contributed by atoms with Gasteiger partial charge in [0, 0.05) is 37.9 Å². The summed E-state index contributed by atoms with van der Waals surface area (Å²) < 4.78 is 22.4. The quantitative estimate of drug-likeness (QED) is 0.0476. The van der Waals surface area contributed by atoms with Crippen molar-refractivity contribution in [2.45, 2.75) is 26.4 Å². The molecule has 2 aromatic heterocycles. The number of aliphatic imine (C=N–C) groups is 2. The molecular formula is C41H36Br2N12O12. The largest absolute Gasteiger partial charge is 0.515 e. The number of halogens is 2. The lowest BCUT2D eigenvalue weighted by Crippen LogP contribution is -2.42. The molecule has 1 unspecified atom stereocenters. The summed E-state index contributed by atoms with van der Waals surface area (Å²) in [6.45, 7) is 3.44. The van der Waals surface area contributed by atoms with Gasteiger partial charge in [-0.3, -0.25) is 29.9 Å². The molecule has 8 rings (SSSR count). The summed E-state index contributed by atoms with van der Waals surface area (Å²) in [5.74, 6) is 1.55. The SMILES string of the molecule is CC(OC(=O)Oc1ccc(CO[N+](=O)[O-])cc1)N1CCN=C1Nc1ccc2nccnc2c1Br.O=C(OCN1CCN=C1Nc1ccc2nccnc2c1Br)Oc1ccc(CO[N+](=O)[O-])cc1. The highest BCUT2D eigenvalue weighted by molar-refractivity contribution is 9.11. The van der Waals surface area contributed by atoms with E-state index in [4.69, 9.17) is 18.9 Å². The van der Waals surface area contributed by atoms with Crippen LogP contribution in [0.4, 0.5) is 21.0 Å². The van der Waals surface area contributed by atoms with Gasteiger partial charge >= 0.3 is 12.3 Å². The van der Waals surface area contributed by atoms with Crippen LogP contribution in [0.5, 0.6) is 11.5 Å². The zero-order chi connectivity index (χ0) is 47.3. The van der Waals surface area contributed by atoms with Crippen LogP contribution in [0.15, 0.2) is 117 Å². The zero-order valence-electron chi connectivity index (χ0n) is 34.9. The lowest BCUT2D eigenvalue weighted by atomic mass is 10.2. The van der Waals surface area contributed by atoms with E-state index >= 15 is 0 Å². The number of hydrogen-bond donors (Lipinski definition) is 2. The Morgan fingerprint density at radius 3 is 1.69 bits per heavy atom. The first kappa shape index (κ1) is 47.0. The summed E-state index contributed by atoms with van der Waals surface area (Å²) in [6, 6.07) is 19.6. The predicted octanol–water partition coefficient (Wildman–Crippen LogP) is 7.10. The third-order valence-electron chi connectivity index (χ3n) is 9.42. The summed E-state index contributed by atoms with van der Waals surface area (Å²) in [6.07, 6.45) is 4.04. The van der Waals surface area contributed by atoms with E-state index < -0.39 is 28.7 Å². The molecule has 0 saturated carbocycles. The summed E-state index contributed by atoms with van der Waals surface area (Å²) in [5, 5.41) is 25.2. The fourth-order valence-electron chi connectivity index (χ4n) is 6.23. The lowest BCUT2D eigenvalue weighted by Gasteiger charge is -2.27. The van der Waals surface area contributed by atoms with Gasteiger partial charge in [-0.05, 0) is 98.4 Å². The molecule has 2 aliphatic rings. The minimum atomic E-state index is -0.893. The van der Waals surface area contributed by atoms with Gasteiger partial charge in [0.25, 0.3) is 10.2 Å². The maximum atomic E-state index is 12.3. The lowest BCUT2D eigenvalue weighted by molar-refractivity contribution is -0.763. The number of benzene rings is 4. The molecule has 2 N–H and O–H groups in total. The van der Waals surface area contributed by atoms with Crippen molar-refractivity contribution in [1.82, 2.24) is 29.7 Å². The molecule has 0 bridgehead atoms. The Hall–Kier alpha value is -8.00. The van der Waals surface area contributed by atoms with Crippen molar-refractivity contribution in [3.8, 4) is 11.5 Å². The van der Waals surface area contributed by atoms with Crippen LogP contribution >= 0.6 is 31.9 Å². The molecule has 6 aromatic rings. The molecule has 346 valence electrons. The zero-order valence-corrected chi connectivity index (χ0v) is 38.1. The number of anilines is 2. The van der Waals surface area contributed by atoms with Crippen LogP contribution in [0, 0.1) is 20.2 Å². The van der Waals surface area contributed by atoms with Gasteiger partial charge in [-0.2, -0.15) is 0 Å². The van der Waals surface area contributed by atoms with Crippen LogP contribution in [-0.2, 0) is 32.4 Å². The van der Waals surface area contributed by atoms with Crippen LogP contribution in [0.1, 0.15) is 18.1 Å². The van der Waals surface area contributed by atoms with Gasteiger partial charge in [0.15, 0.2) is 13.0 Å². The molecule has 0 fully saturated rings. The van der Waals surface area contributed by atoms with Crippen molar-refractivity contribution < 1.29 is 48.4 Å². The number of hydrogen-bond acceptors (Lipinski definition) is 22. The Labute approximate surface area is 395 Å². The van der Waals surface area contributed by atoms with Gasteiger partial charge in [-0.15, -0.1) is 20.2 Å². The van der Waals surface area contributed by atoms with Crippen LogP contribution in [0.25, 0.3) is 22.1 Å². The van der Waals surface area contributed by atoms with Crippen LogP contribution < -0.4 is 20.1 Å². The van der Waals surface area contributed by atoms with Crippen LogP contribution in [-0.4, -0.2) is 103 Å². The van der Waals surface area contributed by atoms with E-state index in [1.165, 1.54) is 24.3 Å². The topological polar surface area (TPSA) is 283 Å². The highest BCUT2D eigenvalue weighted by Crippen LogP contribution is 2.31. The number of aromatic nitrogens is 4. The summed E-state index contributed by atoms with van der Waals surface area (Å²) in [7, 11) is 0. The molecule has 0 saturated heterocycles. The average molecular weight is 1050 g/mol. The molecule has 67 heavy (non-hydrogen) atoms. The number of nitrogens with zero attached hydrogens (tertiary/aromatic N) is 10. The van der Waals surface area contributed by atoms with Crippen LogP contribution in [0.2, 0.25) is 0 Å². The van der Waals surface area contributed by atoms with Gasteiger partial charge in [0.2, 0.25) is 11.9 Å². The average Bonchev–Trinajstić information content (AvgIpc) is 3.99. The Morgan fingerprint density at radius 1 is 0.672 bits per heavy atom. The Bertz CT molecular complexity index is 2830. The standard InChI is InChI=1S/C21H19BrN6O6.C20H17BrN6O6/c1-13(33-21(29)34-15-4-2-14(3-5-15)12-32-28(30)31)27-11-10-25-20(27)26-16-6-7-17-19(18(16)22)24-9-8-23-17;21-17-15(5-6-16-18(17)23-8-7-22-16)25-19-24-9-10-26(19)12-31-20(28)33-14-3-1-13(2-4-14)11-32-27(29)30/h2-9,13H,10-12H2,1H3,(H,25,26);1-8H,9-12H2,(H,24,25). The Kier molecular flexibility index (Phi) is 15.6. The maximum absolute atomic E-state index is 12.3. The van der Waals surface area contributed by atoms with E-state index in [1.54, 1.807) is 65.8 Å². The van der Waals surface area contributed by atoms with E-state index in [-0.39, 0.29) is 31.4 Å². The Morgan fingerprint density at radius 2 is 1.15 bits per heavy atom. The number of rotatable bonds is 14. The summed E-state index contributed by atoms with van der Waals surface area (Å²) in [4.78, 5) is 83.1. The maximum Gasteiger partial charge on any atom is 0.515 e. The third kappa shape index (κ3) is 12.8. The van der Waals surface area contributed by atoms with Crippen molar-refractivity contribution in [3.63, 3.8) is 0 Å². The molecule has 24 nitrogen and oxygen atoms in total. The van der Waals surface area contributed by atoms with Gasteiger partial charge < -0.3 is 49.1 Å². The third-order valence-corrected chi connectivity index (χ3v) is 11.0. The number of carbonyl (C=O) groups excluding carboxylic acids is 2. The molecule has 4 aromatic carbocycles. The molecular weight excluding hydrogens is 1010 g/mol. The normalized spacial score (nSPS) is 13.4. The van der Waals surface area contributed by atoms with E-state index in [0.29, 0.717) is 60.3 Å². The second-order valence-electron chi connectivity index (χ2n) is 13.8.